The van der Waals surface area contributed by atoms with Crippen molar-refractivity contribution in [3.8, 4) is 11.8 Å². The molecule has 0 saturated heterocycles. The molecule has 0 aliphatic carbocycles. The average Bonchev–Trinajstić information content (AvgIpc) is 2.09. The maximum Gasteiger partial charge on any atom is 0.265 e. The molecule has 5 heteroatoms. The molecule has 1 N–H and O–H groups in total. The van der Waals surface area contributed by atoms with Crippen molar-refractivity contribution in [3.05, 3.63) is 23.0 Å². The van der Waals surface area contributed by atoms with Crippen molar-refractivity contribution < 1.29 is 13.9 Å². The van der Waals surface area contributed by atoms with E-state index in [1.165, 1.54) is 6.92 Å². The van der Waals surface area contributed by atoms with E-state index in [1.54, 1.807) is 6.07 Å². The number of nitriles is 1. The van der Waals surface area contributed by atoms with Crippen LogP contribution in [0.1, 0.15) is 23.2 Å². The zero-order valence-electron chi connectivity index (χ0n) is 6.75. The van der Waals surface area contributed by atoms with Crippen molar-refractivity contribution in [2.75, 3.05) is 0 Å². The van der Waals surface area contributed by atoms with Gasteiger partial charge in [0.05, 0.1) is 0 Å². The number of aromatic hydroxyl groups is 1. The Morgan fingerprint density at radius 1 is 1.62 bits per heavy atom. The monoisotopic (exact) mass is 184 g/mol. The molecule has 0 atom stereocenters. The fourth-order valence-corrected chi connectivity index (χ4v) is 0.908. The van der Waals surface area contributed by atoms with Gasteiger partial charge in [-0.1, -0.05) is 0 Å². The van der Waals surface area contributed by atoms with Gasteiger partial charge in [-0.2, -0.15) is 5.26 Å². The van der Waals surface area contributed by atoms with E-state index in [0.717, 1.165) is 6.20 Å². The third-order valence-electron chi connectivity index (χ3n) is 1.69. The number of alkyl halides is 2. The van der Waals surface area contributed by atoms with Gasteiger partial charge in [0.15, 0.2) is 11.4 Å². The lowest BCUT2D eigenvalue weighted by Gasteiger charge is -2.05. The molecule has 68 valence electrons. The number of hydrogen-bond acceptors (Lipinski definition) is 3. The number of hydrogen-bond donors (Lipinski definition) is 1. The highest BCUT2D eigenvalue weighted by Crippen LogP contribution is 2.29. The topological polar surface area (TPSA) is 56.9 Å². The third kappa shape index (κ3) is 1.56. The van der Waals surface area contributed by atoms with Gasteiger partial charge in [0.25, 0.3) is 6.43 Å². The molecule has 0 aliphatic rings. The minimum Gasteiger partial charge on any atom is -0.505 e. The lowest BCUT2D eigenvalue weighted by Crippen LogP contribution is -1.95. The molecule has 0 spiro atoms. The third-order valence-corrected chi connectivity index (χ3v) is 1.69. The summed E-state index contributed by atoms with van der Waals surface area (Å²) in [5, 5.41) is 17.6. The lowest BCUT2D eigenvalue weighted by molar-refractivity contribution is 0.149. The van der Waals surface area contributed by atoms with Crippen molar-refractivity contribution in [1.29, 1.82) is 5.26 Å². The molecule has 0 saturated carbocycles. The Balaban J connectivity index is 3.33. The molecule has 1 aromatic rings. The van der Waals surface area contributed by atoms with Gasteiger partial charge < -0.3 is 5.11 Å². The standard InChI is InChI=1S/C8H6F2N2O/c1-4-5(8(9)10)3-12-6(2-11)7(4)13/h3,8,13H,1H3. The summed E-state index contributed by atoms with van der Waals surface area (Å²) in [6.45, 7) is 1.32. The molecular formula is C8H6F2N2O. The largest absolute Gasteiger partial charge is 0.505 e. The van der Waals surface area contributed by atoms with E-state index < -0.39 is 12.2 Å². The van der Waals surface area contributed by atoms with E-state index in [2.05, 4.69) is 4.98 Å². The molecule has 3 nitrogen and oxygen atoms in total. The summed E-state index contributed by atoms with van der Waals surface area (Å²) < 4.78 is 24.4. The molecular weight excluding hydrogens is 178 g/mol. The number of nitrogens with zero attached hydrogens (tertiary/aromatic N) is 2. The lowest BCUT2D eigenvalue weighted by atomic mass is 10.1. The Labute approximate surface area is 73.3 Å². The zero-order chi connectivity index (χ0) is 10.0. The van der Waals surface area contributed by atoms with Crippen molar-refractivity contribution in [2.24, 2.45) is 0 Å². The molecule has 1 rings (SSSR count). The van der Waals surface area contributed by atoms with Gasteiger partial charge in [-0.3, -0.25) is 0 Å². The van der Waals surface area contributed by atoms with E-state index in [4.69, 9.17) is 5.26 Å². The summed E-state index contributed by atoms with van der Waals surface area (Å²) in [6, 6.07) is 1.60. The maximum absolute atomic E-state index is 12.2. The van der Waals surface area contributed by atoms with Crippen LogP contribution in [0.5, 0.6) is 5.75 Å². The second kappa shape index (κ2) is 3.35. The van der Waals surface area contributed by atoms with Crippen LogP contribution in [0, 0.1) is 18.3 Å². The number of rotatable bonds is 1. The number of pyridine rings is 1. The Bertz CT molecular complexity index is 371. The molecule has 0 amide bonds. The molecule has 0 aromatic carbocycles. The van der Waals surface area contributed by atoms with Crippen molar-refractivity contribution in [1.82, 2.24) is 4.98 Å². The Morgan fingerprint density at radius 2 is 2.23 bits per heavy atom. The quantitative estimate of drug-likeness (QED) is 0.725. The molecule has 0 fully saturated rings. The van der Waals surface area contributed by atoms with Crippen LogP contribution in [0.25, 0.3) is 0 Å². The van der Waals surface area contributed by atoms with Crippen LogP contribution in [0.4, 0.5) is 8.78 Å². The van der Waals surface area contributed by atoms with E-state index in [0.29, 0.717) is 0 Å². The number of aromatic nitrogens is 1. The van der Waals surface area contributed by atoms with E-state index in [-0.39, 0.29) is 16.8 Å². The van der Waals surface area contributed by atoms with Gasteiger partial charge in [0, 0.05) is 17.3 Å². The van der Waals surface area contributed by atoms with Crippen LogP contribution in [-0.4, -0.2) is 10.1 Å². The summed E-state index contributed by atoms with van der Waals surface area (Å²) in [5.74, 6) is -0.472. The Kier molecular flexibility index (Phi) is 2.42. The molecule has 0 bridgehead atoms. The minimum absolute atomic E-state index is 0.00144. The summed E-state index contributed by atoms with van der Waals surface area (Å²) in [6.07, 6.45) is -1.79. The normalized spacial score (nSPS) is 10.1. The highest BCUT2D eigenvalue weighted by atomic mass is 19.3. The molecule has 0 radical (unpaired) electrons. The molecule has 0 aliphatic heterocycles. The van der Waals surface area contributed by atoms with E-state index in [9.17, 15) is 13.9 Å². The van der Waals surface area contributed by atoms with E-state index >= 15 is 0 Å². The summed E-state index contributed by atoms with van der Waals surface area (Å²) >= 11 is 0. The highest BCUT2D eigenvalue weighted by molar-refractivity contribution is 5.45. The predicted octanol–water partition coefficient (Wildman–Crippen LogP) is 1.90. The number of halogens is 2. The summed E-state index contributed by atoms with van der Waals surface area (Å²) in [7, 11) is 0. The first-order valence-electron chi connectivity index (χ1n) is 3.44. The van der Waals surface area contributed by atoms with Crippen LogP contribution in [0.15, 0.2) is 6.20 Å². The van der Waals surface area contributed by atoms with Crippen LogP contribution >= 0.6 is 0 Å². The molecule has 0 unspecified atom stereocenters. The second-order valence-corrected chi connectivity index (χ2v) is 2.45. The summed E-state index contributed by atoms with van der Waals surface area (Å²) in [5.41, 5.74) is -0.583. The fourth-order valence-electron chi connectivity index (χ4n) is 0.908. The van der Waals surface area contributed by atoms with Gasteiger partial charge in [-0.25, -0.2) is 13.8 Å². The smallest absolute Gasteiger partial charge is 0.265 e. The van der Waals surface area contributed by atoms with Gasteiger partial charge in [-0.05, 0) is 6.92 Å². The Hall–Kier alpha value is -1.70. The predicted molar refractivity (Wildman–Crippen MR) is 40.3 cm³/mol. The van der Waals surface area contributed by atoms with Gasteiger partial charge in [0.2, 0.25) is 0 Å². The van der Waals surface area contributed by atoms with E-state index in [1.807, 2.05) is 0 Å². The molecule has 13 heavy (non-hydrogen) atoms. The van der Waals surface area contributed by atoms with Crippen molar-refractivity contribution in [2.45, 2.75) is 13.3 Å². The van der Waals surface area contributed by atoms with Crippen molar-refractivity contribution >= 4 is 0 Å². The van der Waals surface area contributed by atoms with Crippen LogP contribution in [-0.2, 0) is 0 Å². The van der Waals surface area contributed by atoms with Gasteiger partial charge in [-0.15, -0.1) is 0 Å². The first-order valence-corrected chi connectivity index (χ1v) is 3.44. The zero-order valence-corrected chi connectivity index (χ0v) is 6.75. The van der Waals surface area contributed by atoms with Crippen molar-refractivity contribution in [3.63, 3.8) is 0 Å². The van der Waals surface area contributed by atoms with Gasteiger partial charge >= 0.3 is 0 Å². The SMILES string of the molecule is Cc1c(C(F)F)cnc(C#N)c1O. The first-order chi connectivity index (χ1) is 6.07. The van der Waals surface area contributed by atoms with Crippen LogP contribution < -0.4 is 0 Å². The minimum atomic E-state index is -2.69. The van der Waals surface area contributed by atoms with Gasteiger partial charge in [0.1, 0.15) is 6.07 Å². The average molecular weight is 184 g/mol. The first kappa shape index (κ1) is 9.39. The fraction of sp³-hybridized carbons (Fsp3) is 0.250. The Morgan fingerprint density at radius 3 is 2.69 bits per heavy atom. The maximum atomic E-state index is 12.2. The highest BCUT2D eigenvalue weighted by Gasteiger charge is 2.16. The summed E-state index contributed by atoms with van der Waals surface area (Å²) in [4.78, 5) is 3.39. The molecule has 1 aromatic heterocycles. The van der Waals surface area contributed by atoms with Crippen LogP contribution in [0.2, 0.25) is 0 Å². The molecule has 1 heterocycles. The van der Waals surface area contributed by atoms with Crippen LogP contribution in [0.3, 0.4) is 0 Å². The second-order valence-electron chi connectivity index (χ2n) is 2.45.